The smallest absolute Gasteiger partial charge is 0.229 e. The van der Waals surface area contributed by atoms with Crippen LogP contribution in [-0.4, -0.2) is 47.4 Å². The van der Waals surface area contributed by atoms with E-state index in [0.717, 1.165) is 11.3 Å². The highest BCUT2D eigenvalue weighted by Crippen LogP contribution is 2.20. The van der Waals surface area contributed by atoms with Crippen molar-refractivity contribution < 1.29 is 19.5 Å². The van der Waals surface area contributed by atoms with Gasteiger partial charge < -0.3 is 10.4 Å². The fourth-order valence-corrected chi connectivity index (χ4v) is 2.16. The second kappa shape index (κ2) is 7.38. The van der Waals surface area contributed by atoms with Crippen LogP contribution in [0.2, 0.25) is 0 Å². The molecule has 1 rings (SSSR count). The number of nitrogens with zero attached hydrogens (tertiary/aromatic N) is 1. The molecule has 0 aromatic carbocycles. The highest BCUT2D eigenvalue weighted by molar-refractivity contribution is 6.02. The molecule has 6 heteroatoms. The number of amides is 3. The van der Waals surface area contributed by atoms with E-state index in [2.05, 4.69) is 5.32 Å². The number of carbonyl (C=O) groups excluding carboxylic acids is 3. The lowest BCUT2D eigenvalue weighted by atomic mass is 9.88. The zero-order valence-corrected chi connectivity index (χ0v) is 12.3. The predicted molar refractivity (Wildman–Crippen MR) is 73.7 cm³/mol. The molecule has 0 aromatic heterocycles. The Morgan fingerprint density at radius 3 is 2.45 bits per heavy atom. The first-order chi connectivity index (χ1) is 9.35. The summed E-state index contributed by atoms with van der Waals surface area (Å²) in [5, 5.41) is 11.6. The summed E-state index contributed by atoms with van der Waals surface area (Å²) < 4.78 is 0. The lowest BCUT2D eigenvalue weighted by Crippen LogP contribution is -2.37. The molecule has 0 radical (unpaired) electrons. The number of hydrogen-bond donors (Lipinski definition) is 2. The number of carbonyl (C=O) groups is 3. The van der Waals surface area contributed by atoms with Crippen molar-refractivity contribution in [3.63, 3.8) is 0 Å². The van der Waals surface area contributed by atoms with Gasteiger partial charge in [0.2, 0.25) is 17.7 Å². The number of imide groups is 1. The Morgan fingerprint density at radius 2 is 1.90 bits per heavy atom. The molecule has 0 unspecified atom stereocenters. The molecular formula is C14H24N2O4. The summed E-state index contributed by atoms with van der Waals surface area (Å²) in [4.78, 5) is 35.7. The molecule has 1 aliphatic heterocycles. The second-order valence-corrected chi connectivity index (χ2v) is 5.96. The van der Waals surface area contributed by atoms with E-state index in [-0.39, 0.29) is 55.6 Å². The highest BCUT2D eigenvalue weighted by Gasteiger charge is 2.28. The van der Waals surface area contributed by atoms with E-state index in [4.69, 9.17) is 5.11 Å². The van der Waals surface area contributed by atoms with Crippen LogP contribution in [0.4, 0.5) is 0 Å². The molecule has 0 aromatic rings. The number of nitrogens with one attached hydrogen (secondary N) is 1. The summed E-state index contributed by atoms with van der Waals surface area (Å²) >= 11 is 0. The molecule has 1 aliphatic rings. The minimum atomic E-state index is -0.189. The summed E-state index contributed by atoms with van der Waals surface area (Å²) in [6.45, 7) is 4.89. The number of aliphatic hydroxyl groups is 1. The van der Waals surface area contributed by atoms with Crippen LogP contribution in [0.15, 0.2) is 0 Å². The second-order valence-electron chi connectivity index (χ2n) is 5.96. The Morgan fingerprint density at radius 1 is 1.30 bits per heavy atom. The minimum absolute atomic E-state index is 0.0718. The predicted octanol–water partition coefficient (Wildman–Crippen LogP) is 0.440. The number of rotatable bonds is 8. The summed E-state index contributed by atoms with van der Waals surface area (Å²) in [5.74, 6) is -0.535. The van der Waals surface area contributed by atoms with Gasteiger partial charge in [0.15, 0.2) is 0 Å². The van der Waals surface area contributed by atoms with Crippen LogP contribution < -0.4 is 5.32 Å². The van der Waals surface area contributed by atoms with Gasteiger partial charge in [0.25, 0.3) is 0 Å². The van der Waals surface area contributed by atoms with Crippen molar-refractivity contribution in [3.05, 3.63) is 0 Å². The van der Waals surface area contributed by atoms with Crippen molar-refractivity contribution >= 4 is 17.7 Å². The SMILES string of the molecule is CC(C)(CCCO)CNC(=O)CCN1C(=O)CCC1=O. The molecule has 0 aliphatic carbocycles. The third-order valence-electron chi connectivity index (χ3n) is 3.49. The lowest BCUT2D eigenvalue weighted by Gasteiger charge is -2.24. The highest BCUT2D eigenvalue weighted by atomic mass is 16.3. The molecule has 2 N–H and O–H groups in total. The molecule has 3 amide bonds. The van der Waals surface area contributed by atoms with Crippen LogP contribution in [0, 0.1) is 5.41 Å². The fourth-order valence-electron chi connectivity index (χ4n) is 2.16. The van der Waals surface area contributed by atoms with Crippen LogP contribution in [0.25, 0.3) is 0 Å². The quantitative estimate of drug-likeness (QED) is 0.633. The zero-order valence-electron chi connectivity index (χ0n) is 12.3. The molecular weight excluding hydrogens is 260 g/mol. The topological polar surface area (TPSA) is 86.7 Å². The Hall–Kier alpha value is -1.43. The Balaban J connectivity index is 2.26. The van der Waals surface area contributed by atoms with Gasteiger partial charge in [-0.3, -0.25) is 19.3 Å². The molecule has 1 heterocycles. The first-order valence-electron chi connectivity index (χ1n) is 7.06. The van der Waals surface area contributed by atoms with Crippen molar-refractivity contribution in [2.45, 2.75) is 46.0 Å². The third-order valence-corrected chi connectivity index (χ3v) is 3.49. The fraction of sp³-hybridized carbons (Fsp3) is 0.786. The van der Waals surface area contributed by atoms with Gasteiger partial charge in [0.1, 0.15) is 0 Å². The number of likely N-dealkylation sites (tertiary alicyclic amines) is 1. The number of aliphatic hydroxyl groups excluding tert-OH is 1. The van der Waals surface area contributed by atoms with Gasteiger partial charge in [0.05, 0.1) is 0 Å². The van der Waals surface area contributed by atoms with Crippen molar-refractivity contribution in [2.24, 2.45) is 5.41 Å². The molecule has 0 atom stereocenters. The average Bonchev–Trinajstić information content (AvgIpc) is 2.71. The molecule has 0 saturated carbocycles. The molecule has 6 nitrogen and oxygen atoms in total. The molecule has 0 bridgehead atoms. The lowest BCUT2D eigenvalue weighted by molar-refractivity contribution is -0.138. The first kappa shape index (κ1) is 16.6. The maximum absolute atomic E-state index is 11.7. The van der Waals surface area contributed by atoms with E-state index in [1.165, 1.54) is 0 Å². The molecule has 114 valence electrons. The van der Waals surface area contributed by atoms with Gasteiger partial charge in [-0.05, 0) is 18.3 Å². The third kappa shape index (κ3) is 5.28. The average molecular weight is 284 g/mol. The van der Waals surface area contributed by atoms with Crippen molar-refractivity contribution in [1.29, 1.82) is 0 Å². The Labute approximate surface area is 119 Å². The molecule has 0 spiro atoms. The van der Waals surface area contributed by atoms with Crippen molar-refractivity contribution in [3.8, 4) is 0 Å². The van der Waals surface area contributed by atoms with E-state index in [0.29, 0.717) is 13.0 Å². The monoisotopic (exact) mass is 284 g/mol. The maximum atomic E-state index is 11.7. The largest absolute Gasteiger partial charge is 0.396 e. The van der Waals surface area contributed by atoms with Crippen molar-refractivity contribution in [2.75, 3.05) is 19.7 Å². The van der Waals surface area contributed by atoms with E-state index in [9.17, 15) is 14.4 Å². The number of hydrogen-bond acceptors (Lipinski definition) is 4. The molecule has 1 saturated heterocycles. The molecule has 1 fully saturated rings. The normalized spacial score (nSPS) is 15.8. The summed E-state index contributed by atoms with van der Waals surface area (Å²) in [6, 6.07) is 0. The van der Waals surface area contributed by atoms with Crippen LogP contribution in [0.3, 0.4) is 0 Å². The zero-order chi connectivity index (χ0) is 15.2. The van der Waals surface area contributed by atoms with E-state index in [1.54, 1.807) is 0 Å². The Kier molecular flexibility index (Phi) is 6.13. The minimum Gasteiger partial charge on any atom is -0.396 e. The van der Waals surface area contributed by atoms with Gasteiger partial charge in [-0.15, -0.1) is 0 Å². The van der Waals surface area contributed by atoms with Gasteiger partial charge in [-0.2, -0.15) is 0 Å². The van der Waals surface area contributed by atoms with E-state index >= 15 is 0 Å². The summed E-state index contributed by atoms with van der Waals surface area (Å²) in [6.07, 6.45) is 2.20. The van der Waals surface area contributed by atoms with Gasteiger partial charge >= 0.3 is 0 Å². The Bertz CT molecular complexity index is 363. The standard InChI is InChI=1S/C14H24N2O4/c1-14(2,7-3-9-17)10-15-11(18)6-8-16-12(19)4-5-13(16)20/h17H,3-10H2,1-2H3,(H,15,18). The summed E-state index contributed by atoms with van der Waals surface area (Å²) in [5.41, 5.74) is -0.0718. The van der Waals surface area contributed by atoms with E-state index in [1.807, 2.05) is 13.8 Å². The van der Waals surface area contributed by atoms with Crippen LogP contribution in [-0.2, 0) is 14.4 Å². The van der Waals surface area contributed by atoms with Crippen molar-refractivity contribution in [1.82, 2.24) is 10.2 Å². The van der Waals surface area contributed by atoms with Gasteiger partial charge in [-0.25, -0.2) is 0 Å². The first-order valence-corrected chi connectivity index (χ1v) is 7.06. The van der Waals surface area contributed by atoms with Crippen LogP contribution in [0.1, 0.15) is 46.0 Å². The van der Waals surface area contributed by atoms with E-state index < -0.39 is 0 Å². The maximum Gasteiger partial charge on any atom is 0.229 e. The van der Waals surface area contributed by atoms with Gasteiger partial charge in [0, 0.05) is 39.0 Å². The van der Waals surface area contributed by atoms with Crippen LogP contribution >= 0.6 is 0 Å². The summed E-state index contributed by atoms with van der Waals surface area (Å²) in [7, 11) is 0. The molecule has 20 heavy (non-hydrogen) atoms. The van der Waals surface area contributed by atoms with Crippen LogP contribution in [0.5, 0.6) is 0 Å². The van der Waals surface area contributed by atoms with Gasteiger partial charge in [-0.1, -0.05) is 13.8 Å².